The molecule has 3 rings (SSSR count). The van der Waals surface area contributed by atoms with Crippen molar-refractivity contribution in [3.63, 3.8) is 0 Å². The van der Waals surface area contributed by atoms with Crippen LogP contribution in [-0.2, 0) is 11.2 Å². The molecule has 2 heterocycles. The smallest absolute Gasteiger partial charge is 0.239 e. The summed E-state index contributed by atoms with van der Waals surface area (Å²) < 4.78 is 0. The van der Waals surface area contributed by atoms with Gasteiger partial charge < -0.3 is 10.6 Å². The fourth-order valence-corrected chi connectivity index (χ4v) is 4.56. The van der Waals surface area contributed by atoms with Gasteiger partial charge in [0.05, 0.1) is 6.04 Å². The first-order chi connectivity index (χ1) is 12.5. The van der Waals surface area contributed by atoms with E-state index >= 15 is 0 Å². The van der Waals surface area contributed by atoms with Gasteiger partial charge in [0.1, 0.15) is 0 Å². The summed E-state index contributed by atoms with van der Waals surface area (Å²) in [7, 11) is 0. The van der Waals surface area contributed by atoms with Gasteiger partial charge >= 0.3 is 0 Å². The summed E-state index contributed by atoms with van der Waals surface area (Å²) in [6, 6.07) is 11.0. The number of nitrogens with two attached hydrogens (primary N) is 1. The molecule has 0 spiro atoms. The molecule has 2 atom stereocenters. The maximum atomic E-state index is 12.9. The molecule has 2 aliphatic heterocycles. The molecule has 1 aromatic rings. The topological polar surface area (TPSA) is 49.6 Å². The highest BCUT2D eigenvalue weighted by atomic mass is 16.2. The summed E-state index contributed by atoms with van der Waals surface area (Å²) >= 11 is 0. The van der Waals surface area contributed by atoms with Gasteiger partial charge in [0, 0.05) is 19.1 Å². The minimum atomic E-state index is 0.0134. The van der Waals surface area contributed by atoms with Gasteiger partial charge in [-0.15, -0.1) is 0 Å². The van der Waals surface area contributed by atoms with Gasteiger partial charge in [-0.1, -0.05) is 30.3 Å². The van der Waals surface area contributed by atoms with Crippen molar-refractivity contribution in [3.05, 3.63) is 35.9 Å². The molecule has 1 amide bonds. The van der Waals surface area contributed by atoms with Crippen molar-refractivity contribution < 1.29 is 4.79 Å². The van der Waals surface area contributed by atoms with Gasteiger partial charge in [0.2, 0.25) is 5.91 Å². The molecule has 26 heavy (non-hydrogen) atoms. The van der Waals surface area contributed by atoms with Gasteiger partial charge in [-0.3, -0.25) is 9.69 Å². The first-order valence-electron chi connectivity index (χ1n) is 10.4. The summed E-state index contributed by atoms with van der Waals surface area (Å²) in [6.45, 7) is 8.02. The molecule has 144 valence electrons. The number of amides is 1. The molecule has 2 N–H and O–H groups in total. The van der Waals surface area contributed by atoms with E-state index in [4.69, 9.17) is 5.73 Å². The summed E-state index contributed by atoms with van der Waals surface area (Å²) in [5.41, 5.74) is 7.46. The summed E-state index contributed by atoms with van der Waals surface area (Å²) in [5, 5.41) is 0. The number of carbonyl (C=O) groups is 1. The third-order valence-electron chi connectivity index (χ3n) is 6.52. The molecule has 1 aromatic carbocycles. The number of piperidine rings is 2. The largest absolute Gasteiger partial charge is 0.341 e. The number of hydrogen-bond acceptors (Lipinski definition) is 3. The minimum Gasteiger partial charge on any atom is -0.341 e. The Morgan fingerprint density at radius 3 is 2.23 bits per heavy atom. The van der Waals surface area contributed by atoms with Crippen molar-refractivity contribution in [3.8, 4) is 0 Å². The van der Waals surface area contributed by atoms with E-state index in [1.807, 2.05) is 0 Å². The van der Waals surface area contributed by atoms with Crippen molar-refractivity contribution >= 4 is 5.91 Å². The van der Waals surface area contributed by atoms with E-state index in [0.29, 0.717) is 11.8 Å². The Kier molecular flexibility index (Phi) is 6.71. The summed E-state index contributed by atoms with van der Waals surface area (Å²) in [6.07, 6.45) is 5.66. The predicted molar refractivity (Wildman–Crippen MR) is 107 cm³/mol. The number of benzene rings is 1. The Morgan fingerprint density at radius 1 is 1.04 bits per heavy atom. The maximum absolute atomic E-state index is 12.9. The zero-order chi connectivity index (χ0) is 18.5. The summed E-state index contributed by atoms with van der Waals surface area (Å²) in [5.74, 6) is 1.63. The second kappa shape index (κ2) is 9.01. The normalized spacial score (nSPS) is 23.0. The Hall–Kier alpha value is -1.39. The van der Waals surface area contributed by atoms with Gasteiger partial charge in [-0.2, -0.15) is 0 Å². The van der Waals surface area contributed by atoms with Crippen LogP contribution in [0.15, 0.2) is 30.3 Å². The SMILES string of the molecule is CC(N)C1CCN(C(=O)C(C)N2CCC(Cc3ccccc3)CC2)CC1. The molecular formula is C22H35N3O. The van der Waals surface area contributed by atoms with Crippen LogP contribution in [0.4, 0.5) is 0 Å². The van der Waals surface area contributed by atoms with Gasteiger partial charge in [-0.25, -0.2) is 0 Å². The lowest BCUT2D eigenvalue weighted by molar-refractivity contribution is -0.138. The molecule has 2 fully saturated rings. The second-order valence-corrected chi connectivity index (χ2v) is 8.37. The molecule has 4 nitrogen and oxygen atoms in total. The molecule has 4 heteroatoms. The predicted octanol–water partition coefficient (Wildman–Crippen LogP) is 2.92. The molecule has 0 saturated carbocycles. The van der Waals surface area contributed by atoms with E-state index in [0.717, 1.165) is 44.9 Å². The van der Waals surface area contributed by atoms with E-state index in [-0.39, 0.29) is 12.1 Å². The zero-order valence-corrected chi connectivity index (χ0v) is 16.4. The second-order valence-electron chi connectivity index (χ2n) is 8.37. The van der Waals surface area contributed by atoms with Crippen molar-refractivity contribution in [2.75, 3.05) is 26.2 Å². The van der Waals surface area contributed by atoms with Crippen LogP contribution in [0.5, 0.6) is 0 Å². The van der Waals surface area contributed by atoms with Crippen LogP contribution < -0.4 is 5.73 Å². The third-order valence-corrected chi connectivity index (χ3v) is 6.52. The van der Waals surface area contributed by atoms with Crippen molar-refractivity contribution in [1.82, 2.24) is 9.80 Å². The number of nitrogens with zero attached hydrogens (tertiary/aromatic N) is 2. The van der Waals surface area contributed by atoms with Crippen molar-refractivity contribution in [2.24, 2.45) is 17.6 Å². The van der Waals surface area contributed by atoms with E-state index in [1.54, 1.807) is 0 Å². The fraction of sp³-hybridized carbons (Fsp3) is 0.682. The van der Waals surface area contributed by atoms with Gasteiger partial charge in [0.25, 0.3) is 0 Å². The highest BCUT2D eigenvalue weighted by Crippen LogP contribution is 2.25. The number of likely N-dealkylation sites (tertiary alicyclic amines) is 2. The van der Waals surface area contributed by atoms with Crippen LogP contribution in [0.3, 0.4) is 0 Å². The Bertz CT molecular complexity index is 558. The standard InChI is InChI=1S/C22H35N3O/c1-17(23)21-10-14-25(15-11-21)22(26)18(2)24-12-8-20(9-13-24)16-19-6-4-3-5-7-19/h3-7,17-18,20-21H,8-16,23H2,1-2H3. The lowest BCUT2D eigenvalue weighted by atomic mass is 9.89. The summed E-state index contributed by atoms with van der Waals surface area (Å²) in [4.78, 5) is 17.4. The van der Waals surface area contributed by atoms with Crippen LogP contribution in [0.2, 0.25) is 0 Å². The average Bonchev–Trinajstić information content (AvgIpc) is 2.68. The fourth-order valence-electron chi connectivity index (χ4n) is 4.56. The van der Waals surface area contributed by atoms with E-state index in [9.17, 15) is 4.79 Å². The zero-order valence-electron chi connectivity index (χ0n) is 16.4. The monoisotopic (exact) mass is 357 g/mol. The van der Waals surface area contributed by atoms with Crippen molar-refractivity contribution in [1.29, 1.82) is 0 Å². The van der Waals surface area contributed by atoms with Gasteiger partial charge in [-0.05, 0) is 76.4 Å². The van der Waals surface area contributed by atoms with Crippen LogP contribution in [-0.4, -0.2) is 54.0 Å². The number of carbonyl (C=O) groups excluding carboxylic acids is 1. The average molecular weight is 358 g/mol. The van der Waals surface area contributed by atoms with Crippen molar-refractivity contribution in [2.45, 2.75) is 58.0 Å². The highest BCUT2D eigenvalue weighted by molar-refractivity contribution is 5.81. The lowest BCUT2D eigenvalue weighted by Gasteiger charge is -2.40. The molecule has 2 unspecified atom stereocenters. The first kappa shape index (κ1) is 19.4. The van der Waals surface area contributed by atoms with Crippen LogP contribution in [0.25, 0.3) is 0 Å². The van der Waals surface area contributed by atoms with E-state index in [2.05, 4.69) is 54.0 Å². The molecule has 2 aliphatic rings. The molecule has 0 aromatic heterocycles. The molecule has 0 radical (unpaired) electrons. The molecular weight excluding hydrogens is 322 g/mol. The van der Waals surface area contributed by atoms with E-state index in [1.165, 1.54) is 24.8 Å². The lowest BCUT2D eigenvalue weighted by Crippen LogP contribution is -2.52. The molecule has 0 aliphatic carbocycles. The highest BCUT2D eigenvalue weighted by Gasteiger charge is 2.31. The molecule has 0 bridgehead atoms. The Balaban J connectivity index is 1.44. The van der Waals surface area contributed by atoms with Gasteiger partial charge in [0.15, 0.2) is 0 Å². The van der Waals surface area contributed by atoms with Crippen LogP contribution in [0, 0.1) is 11.8 Å². The third kappa shape index (κ3) is 4.86. The van der Waals surface area contributed by atoms with Crippen LogP contribution in [0.1, 0.15) is 45.1 Å². The van der Waals surface area contributed by atoms with Crippen LogP contribution >= 0.6 is 0 Å². The quantitative estimate of drug-likeness (QED) is 0.881. The first-order valence-corrected chi connectivity index (χ1v) is 10.4. The maximum Gasteiger partial charge on any atom is 0.239 e. The number of hydrogen-bond donors (Lipinski definition) is 1. The molecule has 2 saturated heterocycles. The Morgan fingerprint density at radius 2 is 1.65 bits per heavy atom. The number of rotatable bonds is 5. The van der Waals surface area contributed by atoms with E-state index < -0.39 is 0 Å². The Labute approximate surface area is 158 Å². The minimum absolute atomic E-state index is 0.0134.